The minimum atomic E-state index is -0.0259. The maximum atomic E-state index is 11.1. The highest BCUT2D eigenvalue weighted by atomic mass is 16.1. The summed E-state index contributed by atoms with van der Waals surface area (Å²) < 4.78 is 0. The molecular weight excluding hydrogens is 202 g/mol. The zero-order chi connectivity index (χ0) is 11.4. The molecule has 0 atom stereocenters. The van der Waals surface area contributed by atoms with E-state index in [1.54, 1.807) is 12.3 Å². The van der Waals surface area contributed by atoms with E-state index in [9.17, 15) is 4.79 Å². The van der Waals surface area contributed by atoms with E-state index in [-0.39, 0.29) is 5.56 Å². The summed E-state index contributed by atoms with van der Waals surface area (Å²) in [5, 5.41) is 3.48. The van der Waals surface area contributed by atoms with Gasteiger partial charge in [-0.3, -0.25) is 4.79 Å². The predicted molar refractivity (Wildman–Crippen MR) is 64.4 cm³/mol. The third-order valence-electron chi connectivity index (χ3n) is 2.80. The molecule has 2 N–H and O–H groups in total. The Labute approximate surface area is 95.7 Å². The number of nitrogens with zero attached hydrogens (tertiary/aromatic N) is 1. The molecule has 0 amide bonds. The molecule has 0 unspecified atom stereocenters. The summed E-state index contributed by atoms with van der Waals surface area (Å²) in [6.07, 6.45) is 4.36. The van der Waals surface area contributed by atoms with E-state index in [2.05, 4.69) is 22.2 Å². The number of aromatic nitrogens is 1. The van der Waals surface area contributed by atoms with Crippen molar-refractivity contribution in [2.45, 2.75) is 25.4 Å². The highest BCUT2D eigenvalue weighted by Gasteiger charge is 2.19. The molecule has 1 heterocycles. The number of likely N-dealkylation sites (N-methyl/N-ethyl adjacent to an activating group) is 1. The minimum absolute atomic E-state index is 0.0259. The lowest BCUT2D eigenvalue weighted by atomic mass is 10.2. The van der Waals surface area contributed by atoms with Gasteiger partial charge in [-0.15, -0.1) is 0 Å². The molecule has 0 aromatic carbocycles. The summed E-state index contributed by atoms with van der Waals surface area (Å²) in [5.41, 5.74) is 1.04. The Morgan fingerprint density at radius 2 is 2.38 bits per heavy atom. The van der Waals surface area contributed by atoms with Gasteiger partial charge in [0.05, 0.1) is 0 Å². The van der Waals surface area contributed by atoms with Crippen molar-refractivity contribution in [1.82, 2.24) is 15.2 Å². The van der Waals surface area contributed by atoms with E-state index < -0.39 is 0 Å². The number of H-pyrrole nitrogens is 1. The van der Waals surface area contributed by atoms with E-state index in [1.165, 1.54) is 12.8 Å². The SMILES string of the molecule is CN(CCNC1CC1)Cc1cc[nH]c(=O)c1. The first-order chi connectivity index (χ1) is 7.74. The van der Waals surface area contributed by atoms with Crippen LogP contribution in [-0.2, 0) is 6.54 Å². The van der Waals surface area contributed by atoms with Crippen molar-refractivity contribution in [1.29, 1.82) is 0 Å². The normalized spacial score (nSPS) is 15.6. The molecule has 1 saturated carbocycles. The predicted octanol–water partition coefficient (Wildman–Crippen LogP) is 0.559. The number of aromatic amines is 1. The second-order valence-electron chi connectivity index (χ2n) is 4.53. The van der Waals surface area contributed by atoms with Crippen molar-refractivity contribution in [3.8, 4) is 0 Å². The molecule has 1 aliphatic rings. The van der Waals surface area contributed by atoms with E-state index in [0.29, 0.717) is 0 Å². The summed E-state index contributed by atoms with van der Waals surface area (Å²) in [7, 11) is 2.08. The average Bonchev–Trinajstić information content (AvgIpc) is 3.01. The number of rotatable bonds is 6. The number of hydrogen-bond acceptors (Lipinski definition) is 3. The molecule has 0 saturated heterocycles. The van der Waals surface area contributed by atoms with Gasteiger partial charge in [-0.25, -0.2) is 0 Å². The van der Waals surface area contributed by atoms with E-state index in [4.69, 9.17) is 0 Å². The highest BCUT2D eigenvalue weighted by molar-refractivity contribution is 5.09. The van der Waals surface area contributed by atoms with Crippen molar-refractivity contribution < 1.29 is 0 Å². The number of pyridine rings is 1. The summed E-state index contributed by atoms with van der Waals surface area (Å²) in [6.45, 7) is 2.88. The monoisotopic (exact) mass is 221 g/mol. The van der Waals surface area contributed by atoms with Gasteiger partial charge in [0.15, 0.2) is 0 Å². The van der Waals surface area contributed by atoms with Crippen LogP contribution in [0.5, 0.6) is 0 Å². The summed E-state index contributed by atoms with van der Waals surface area (Å²) in [5.74, 6) is 0. The van der Waals surface area contributed by atoms with Gasteiger partial charge in [0, 0.05) is 37.9 Å². The fourth-order valence-electron chi connectivity index (χ4n) is 1.73. The fourth-order valence-corrected chi connectivity index (χ4v) is 1.73. The van der Waals surface area contributed by atoms with Crippen molar-refractivity contribution in [3.05, 3.63) is 34.2 Å². The Bertz CT molecular complexity index is 384. The summed E-state index contributed by atoms with van der Waals surface area (Å²) >= 11 is 0. The Morgan fingerprint density at radius 3 is 3.06 bits per heavy atom. The standard InChI is InChI=1S/C12H19N3O/c1-15(7-6-13-11-2-3-11)9-10-4-5-14-12(16)8-10/h4-5,8,11,13H,2-3,6-7,9H2,1H3,(H,14,16). The topological polar surface area (TPSA) is 48.1 Å². The molecule has 4 heteroatoms. The van der Waals surface area contributed by atoms with Gasteiger partial charge in [0.1, 0.15) is 0 Å². The molecule has 0 bridgehead atoms. The van der Waals surface area contributed by atoms with Crippen LogP contribution in [0.15, 0.2) is 23.1 Å². The smallest absolute Gasteiger partial charge is 0.248 e. The fraction of sp³-hybridized carbons (Fsp3) is 0.583. The molecule has 1 aliphatic carbocycles. The third-order valence-corrected chi connectivity index (χ3v) is 2.80. The average molecular weight is 221 g/mol. The van der Waals surface area contributed by atoms with Gasteiger partial charge < -0.3 is 15.2 Å². The maximum Gasteiger partial charge on any atom is 0.248 e. The van der Waals surface area contributed by atoms with Crippen LogP contribution in [-0.4, -0.2) is 36.1 Å². The second kappa shape index (κ2) is 5.27. The van der Waals surface area contributed by atoms with Crippen molar-refractivity contribution in [3.63, 3.8) is 0 Å². The molecule has 2 rings (SSSR count). The van der Waals surface area contributed by atoms with Gasteiger partial charge in [0.25, 0.3) is 0 Å². The van der Waals surface area contributed by atoms with Crippen LogP contribution >= 0.6 is 0 Å². The Hall–Kier alpha value is -1.13. The molecule has 0 aliphatic heterocycles. The molecule has 0 spiro atoms. The van der Waals surface area contributed by atoms with Gasteiger partial charge in [-0.05, 0) is 31.5 Å². The minimum Gasteiger partial charge on any atom is -0.329 e. The molecule has 88 valence electrons. The van der Waals surface area contributed by atoms with Crippen LogP contribution in [0.1, 0.15) is 18.4 Å². The van der Waals surface area contributed by atoms with Crippen LogP contribution in [0, 0.1) is 0 Å². The zero-order valence-electron chi connectivity index (χ0n) is 9.70. The zero-order valence-corrected chi connectivity index (χ0v) is 9.70. The molecule has 4 nitrogen and oxygen atoms in total. The molecule has 1 aromatic heterocycles. The molecule has 0 radical (unpaired) electrons. The van der Waals surface area contributed by atoms with Gasteiger partial charge >= 0.3 is 0 Å². The largest absolute Gasteiger partial charge is 0.329 e. The molecular formula is C12H19N3O. The number of hydrogen-bond donors (Lipinski definition) is 2. The summed E-state index contributed by atoms with van der Waals surface area (Å²) in [6, 6.07) is 4.38. The first-order valence-corrected chi connectivity index (χ1v) is 5.83. The molecule has 16 heavy (non-hydrogen) atoms. The van der Waals surface area contributed by atoms with Crippen LogP contribution in [0.4, 0.5) is 0 Å². The van der Waals surface area contributed by atoms with Crippen LogP contribution in [0.25, 0.3) is 0 Å². The second-order valence-corrected chi connectivity index (χ2v) is 4.53. The third kappa shape index (κ3) is 3.79. The summed E-state index contributed by atoms with van der Waals surface area (Å²) in [4.78, 5) is 15.9. The van der Waals surface area contributed by atoms with Crippen LogP contribution in [0.3, 0.4) is 0 Å². The quantitative estimate of drug-likeness (QED) is 0.738. The van der Waals surface area contributed by atoms with E-state index in [1.807, 2.05) is 6.07 Å². The van der Waals surface area contributed by atoms with Gasteiger partial charge in [-0.1, -0.05) is 0 Å². The van der Waals surface area contributed by atoms with Crippen molar-refractivity contribution >= 4 is 0 Å². The maximum absolute atomic E-state index is 11.1. The lowest BCUT2D eigenvalue weighted by Crippen LogP contribution is -2.30. The Kier molecular flexibility index (Phi) is 3.74. The Morgan fingerprint density at radius 1 is 1.56 bits per heavy atom. The lowest BCUT2D eigenvalue weighted by molar-refractivity contribution is 0.324. The van der Waals surface area contributed by atoms with E-state index in [0.717, 1.165) is 31.2 Å². The van der Waals surface area contributed by atoms with Gasteiger partial charge in [0.2, 0.25) is 5.56 Å². The lowest BCUT2D eigenvalue weighted by Gasteiger charge is -2.16. The number of nitrogens with one attached hydrogen (secondary N) is 2. The van der Waals surface area contributed by atoms with E-state index >= 15 is 0 Å². The first kappa shape index (κ1) is 11.4. The van der Waals surface area contributed by atoms with Crippen LogP contribution in [0.2, 0.25) is 0 Å². The van der Waals surface area contributed by atoms with Gasteiger partial charge in [-0.2, -0.15) is 0 Å². The first-order valence-electron chi connectivity index (χ1n) is 5.83. The highest BCUT2D eigenvalue weighted by Crippen LogP contribution is 2.17. The molecule has 1 fully saturated rings. The Balaban J connectivity index is 1.72. The van der Waals surface area contributed by atoms with Crippen molar-refractivity contribution in [2.24, 2.45) is 0 Å². The van der Waals surface area contributed by atoms with Crippen molar-refractivity contribution in [2.75, 3.05) is 20.1 Å². The van der Waals surface area contributed by atoms with Crippen LogP contribution < -0.4 is 10.9 Å². The molecule has 1 aromatic rings.